The number of hydrogen-bond acceptors (Lipinski definition) is 7. The van der Waals surface area contributed by atoms with Crippen molar-refractivity contribution in [2.24, 2.45) is 22.4 Å². The van der Waals surface area contributed by atoms with Crippen molar-refractivity contribution >= 4 is 23.5 Å². The first kappa shape index (κ1) is 18.9. The SMILES string of the molecule is C/C=C\C=N/N(C)c1cc(C(=O)N2C[C@H](N)C[C@H](N)C2)ccc1NN. The number of likely N-dealkylation sites (tertiary alicyclic amines) is 1. The summed E-state index contributed by atoms with van der Waals surface area (Å²) in [6.45, 7) is 2.92. The van der Waals surface area contributed by atoms with Gasteiger partial charge in [0.25, 0.3) is 5.91 Å². The molecule has 1 aliphatic heterocycles. The van der Waals surface area contributed by atoms with Crippen LogP contribution in [0.1, 0.15) is 23.7 Å². The van der Waals surface area contributed by atoms with Gasteiger partial charge in [-0.15, -0.1) is 0 Å². The summed E-state index contributed by atoms with van der Waals surface area (Å²) in [5.41, 5.74) is 16.5. The van der Waals surface area contributed by atoms with Gasteiger partial charge in [-0.1, -0.05) is 6.08 Å². The van der Waals surface area contributed by atoms with Crippen LogP contribution in [0.15, 0.2) is 35.5 Å². The number of hydrazine groups is 1. The zero-order valence-electron chi connectivity index (χ0n) is 14.7. The van der Waals surface area contributed by atoms with Crippen LogP contribution in [0, 0.1) is 0 Å². The minimum absolute atomic E-state index is 0.0924. The van der Waals surface area contributed by atoms with Crippen molar-refractivity contribution in [3.63, 3.8) is 0 Å². The predicted molar refractivity (Wildman–Crippen MR) is 102 cm³/mol. The number of carbonyl (C=O) groups is 1. The number of carbonyl (C=O) groups excluding carboxylic acids is 1. The topological polar surface area (TPSA) is 126 Å². The summed E-state index contributed by atoms with van der Waals surface area (Å²) in [4.78, 5) is 14.5. The number of allylic oxidation sites excluding steroid dienone is 2. The fourth-order valence-electron chi connectivity index (χ4n) is 2.87. The Bertz CT molecular complexity index is 648. The molecule has 0 radical (unpaired) electrons. The number of hydrazone groups is 1. The predicted octanol–water partition coefficient (Wildman–Crippen LogP) is 0.471. The second-order valence-electron chi connectivity index (χ2n) is 6.16. The zero-order valence-corrected chi connectivity index (χ0v) is 14.7. The summed E-state index contributed by atoms with van der Waals surface area (Å²) in [7, 11) is 1.79. The molecule has 1 saturated heterocycles. The Morgan fingerprint density at radius 1 is 1.36 bits per heavy atom. The molecule has 7 N–H and O–H groups in total. The summed E-state index contributed by atoms with van der Waals surface area (Å²) in [5.74, 6) is 5.48. The Balaban J connectivity index is 2.26. The fraction of sp³-hybridized carbons (Fsp3) is 0.412. The molecule has 1 heterocycles. The lowest BCUT2D eigenvalue weighted by atomic mass is 10.0. The Labute approximate surface area is 148 Å². The maximum atomic E-state index is 12.8. The summed E-state index contributed by atoms with van der Waals surface area (Å²) in [6, 6.07) is 5.07. The van der Waals surface area contributed by atoms with Crippen molar-refractivity contribution in [2.45, 2.75) is 25.4 Å². The molecule has 0 saturated carbocycles. The smallest absolute Gasteiger partial charge is 0.254 e. The van der Waals surface area contributed by atoms with Crippen molar-refractivity contribution < 1.29 is 4.79 Å². The van der Waals surface area contributed by atoms with Crippen LogP contribution in [0.2, 0.25) is 0 Å². The number of nitrogen functional groups attached to an aromatic ring is 1. The molecule has 1 aromatic carbocycles. The first-order valence-electron chi connectivity index (χ1n) is 8.26. The number of amides is 1. The van der Waals surface area contributed by atoms with E-state index in [9.17, 15) is 4.79 Å². The van der Waals surface area contributed by atoms with E-state index in [1.165, 1.54) is 0 Å². The van der Waals surface area contributed by atoms with Gasteiger partial charge in [0.05, 0.1) is 11.4 Å². The van der Waals surface area contributed by atoms with Crippen molar-refractivity contribution in [1.82, 2.24) is 4.90 Å². The first-order valence-corrected chi connectivity index (χ1v) is 8.26. The van der Waals surface area contributed by atoms with Gasteiger partial charge in [0, 0.05) is 44.0 Å². The monoisotopic (exact) mass is 345 g/mol. The molecular weight excluding hydrogens is 318 g/mol. The number of benzene rings is 1. The molecule has 1 aliphatic rings. The van der Waals surface area contributed by atoms with E-state index in [-0.39, 0.29) is 18.0 Å². The van der Waals surface area contributed by atoms with E-state index in [1.54, 1.807) is 41.4 Å². The minimum atomic E-state index is -0.0961. The highest BCUT2D eigenvalue weighted by molar-refractivity contribution is 5.96. The molecule has 0 spiro atoms. The average molecular weight is 345 g/mol. The second-order valence-corrected chi connectivity index (χ2v) is 6.16. The van der Waals surface area contributed by atoms with Gasteiger partial charge in [0.1, 0.15) is 0 Å². The average Bonchev–Trinajstić information content (AvgIpc) is 2.59. The number of nitrogens with two attached hydrogens (primary N) is 3. The third-order valence-corrected chi connectivity index (χ3v) is 4.07. The zero-order chi connectivity index (χ0) is 18.4. The van der Waals surface area contributed by atoms with E-state index in [0.29, 0.717) is 30.0 Å². The third-order valence-electron chi connectivity index (χ3n) is 4.07. The first-order chi connectivity index (χ1) is 12.0. The number of hydrogen-bond donors (Lipinski definition) is 4. The number of nitrogens with zero attached hydrogens (tertiary/aromatic N) is 3. The molecule has 25 heavy (non-hydrogen) atoms. The molecule has 8 heteroatoms. The molecule has 0 aliphatic carbocycles. The van der Waals surface area contributed by atoms with Crippen molar-refractivity contribution in [3.8, 4) is 0 Å². The van der Waals surface area contributed by atoms with Gasteiger partial charge in [-0.05, 0) is 37.6 Å². The van der Waals surface area contributed by atoms with E-state index >= 15 is 0 Å². The van der Waals surface area contributed by atoms with Gasteiger partial charge < -0.3 is 21.8 Å². The summed E-state index contributed by atoms with van der Waals surface area (Å²) >= 11 is 0. The Morgan fingerprint density at radius 3 is 2.64 bits per heavy atom. The van der Waals surface area contributed by atoms with E-state index in [0.717, 1.165) is 6.42 Å². The van der Waals surface area contributed by atoms with Crippen LogP contribution in [0.4, 0.5) is 11.4 Å². The highest BCUT2D eigenvalue weighted by atomic mass is 16.2. The van der Waals surface area contributed by atoms with Crippen LogP contribution in [0.25, 0.3) is 0 Å². The fourth-order valence-corrected chi connectivity index (χ4v) is 2.87. The summed E-state index contributed by atoms with van der Waals surface area (Å²) in [6.07, 6.45) is 6.09. The summed E-state index contributed by atoms with van der Waals surface area (Å²) in [5, 5.41) is 5.94. The second kappa shape index (κ2) is 8.61. The lowest BCUT2D eigenvalue weighted by Crippen LogP contribution is -2.54. The van der Waals surface area contributed by atoms with Crippen LogP contribution < -0.4 is 27.7 Å². The molecule has 2 rings (SSSR count). The van der Waals surface area contributed by atoms with Crippen LogP contribution in [0.5, 0.6) is 0 Å². The largest absolute Gasteiger partial charge is 0.336 e. The molecule has 0 unspecified atom stereocenters. The van der Waals surface area contributed by atoms with Gasteiger partial charge in [-0.3, -0.25) is 15.6 Å². The lowest BCUT2D eigenvalue weighted by Gasteiger charge is -2.34. The van der Waals surface area contributed by atoms with Crippen molar-refractivity contribution in [2.75, 3.05) is 30.6 Å². The normalized spacial score (nSPS) is 21.1. The molecule has 2 atom stereocenters. The molecule has 8 nitrogen and oxygen atoms in total. The number of nitrogens with one attached hydrogen (secondary N) is 1. The molecule has 136 valence electrons. The minimum Gasteiger partial charge on any atom is -0.336 e. The molecule has 0 aromatic heterocycles. The molecule has 0 bridgehead atoms. The van der Waals surface area contributed by atoms with Crippen LogP contribution >= 0.6 is 0 Å². The van der Waals surface area contributed by atoms with E-state index in [2.05, 4.69) is 10.5 Å². The molecular formula is C17H27N7O. The molecule has 1 aromatic rings. The highest BCUT2D eigenvalue weighted by Gasteiger charge is 2.27. The van der Waals surface area contributed by atoms with E-state index < -0.39 is 0 Å². The number of rotatable bonds is 5. The molecule has 1 fully saturated rings. The van der Waals surface area contributed by atoms with Gasteiger partial charge in [0.15, 0.2) is 0 Å². The van der Waals surface area contributed by atoms with Gasteiger partial charge in [-0.25, -0.2) is 0 Å². The highest BCUT2D eigenvalue weighted by Crippen LogP contribution is 2.27. The van der Waals surface area contributed by atoms with Crippen molar-refractivity contribution in [3.05, 3.63) is 35.9 Å². The lowest BCUT2D eigenvalue weighted by molar-refractivity contribution is 0.0691. The summed E-state index contributed by atoms with van der Waals surface area (Å²) < 4.78 is 0. The van der Waals surface area contributed by atoms with Crippen LogP contribution in [-0.4, -0.2) is 49.2 Å². The maximum Gasteiger partial charge on any atom is 0.254 e. The Morgan fingerprint density at radius 2 is 2.04 bits per heavy atom. The van der Waals surface area contributed by atoms with E-state index in [4.69, 9.17) is 17.3 Å². The quantitative estimate of drug-likeness (QED) is 0.349. The Kier molecular flexibility index (Phi) is 6.51. The number of anilines is 2. The van der Waals surface area contributed by atoms with E-state index in [1.807, 2.05) is 19.1 Å². The Hall–Kier alpha value is -2.42. The van der Waals surface area contributed by atoms with Crippen LogP contribution in [0.3, 0.4) is 0 Å². The van der Waals surface area contributed by atoms with Gasteiger partial charge in [0.2, 0.25) is 0 Å². The van der Waals surface area contributed by atoms with Gasteiger partial charge in [-0.2, -0.15) is 5.10 Å². The van der Waals surface area contributed by atoms with Crippen LogP contribution in [-0.2, 0) is 0 Å². The molecule has 1 amide bonds. The standard InChI is InChI=1S/C17H27N7O/c1-3-4-7-21-23(2)16-8-12(5-6-15(16)22-20)17(25)24-10-13(18)9-14(19)11-24/h3-8,13-14,22H,9-11,18-20H2,1-2H3/b4-3-,21-7-/t13-,14+. The van der Waals surface area contributed by atoms with Crippen molar-refractivity contribution in [1.29, 1.82) is 0 Å². The number of piperidine rings is 1. The van der Waals surface area contributed by atoms with Gasteiger partial charge >= 0.3 is 0 Å². The third kappa shape index (κ3) is 4.79. The maximum absolute atomic E-state index is 12.8.